The number of carbonyl (C=O) groups is 1. The van der Waals surface area contributed by atoms with E-state index in [1.807, 2.05) is 0 Å². The van der Waals surface area contributed by atoms with Gasteiger partial charge >= 0.3 is 0 Å². The van der Waals surface area contributed by atoms with Crippen LogP contribution >= 0.6 is 0 Å². The van der Waals surface area contributed by atoms with Gasteiger partial charge in [-0.15, -0.1) is 0 Å². The third-order valence-corrected chi connectivity index (χ3v) is 1.45. The van der Waals surface area contributed by atoms with Crippen LogP contribution in [0.25, 0.3) is 0 Å². The van der Waals surface area contributed by atoms with Gasteiger partial charge in [0.25, 0.3) is 0 Å². The molecule has 0 heterocycles. The lowest BCUT2D eigenvalue weighted by atomic mass is 10.0. The smallest absolute Gasteiger partial charge is 0.234 e. The Balaban J connectivity index is 3.89. The number of hydrogen-bond donors (Lipinski definition) is 2. The number of nitrogens with zero attached hydrogens (tertiary/aromatic N) is 1. The molecule has 2 N–H and O–H groups in total. The van der Waals surface area contributed by atoms with Gasteiger partial charge in [-0.05, 0) is 20.3 Å². The molecule has 0 aromatic rings. The van der Waals surface area contributed by atoms with Crippen molar-refractivity contribution >= 4 is 5.91 Å². The first-order valence-electron chi connectivity index (χ1n) is 3.80. The van der Waals surface area contributed by atoms with Gasteiger partial charge in [0.2, 0.25) is 5.91 Å². The van der Waals surface area contributed by atoms with Crippen LogP contribution in [0, 0.1) is 11.3 Å². The van der Waals surface area contributed by atoms with Crippen molar-refractivity contribution in [3.05, 3.63) is 0 Å². The maximum absolute atomic E-state index is 10.9. The summed E-state index contributed by atoms with van der Waals surface area (Å²) in [4.78, 5) is 10.9. The Hall–Kier alpha value is -1.08. The Morgan fingerprint density at radius 3 is 2.67 bits per heavy atom. The maximum atomic E-state index is 10.9. The average molecular weight is 170 g/mol. The molecular formula is C8H14N2O2. The zero-order valence-electron chi connectivity index (χ0n) is 7.42. The molecule has 4 heteroatoms. The van der Waals surface area contributed by atoms with E-state index in [0.29, 0.717) is 6.42 Å². The highest BCUT2D eigenvalue weighted by atomic mass is 16.3. The van der Waals surface area contributed by atoms with Crippen molar-refractivity contribution < 1.29 is 9.90 Å². The zero-order chi connectivity index (χ0) is 9.61. The minimum atomic E-state index is -0.428. The van der Waals surface area contributed by atoms with Crippen LogP contribution in [-0.4, -0.2) is 23.2 Å². The number of aliphatic hydroxyl groups excluding tert-OH is 1. The Bertz CT molecular complexity index is 194. The lowest BCUT2D eigenvalue weighted by Crippen LogP contribution is -2.43. The molecule has 0 bridgehead atoms. The van der Waals surface area contributed by atoms with Crippen LogP contribution in [0.4, 0.5) is 0 Å². The van der Waals surface area contributed by atoms with Gasteiger partial charge in [0.15, 0.2) is 0 Å². The van der Waals surface area contributed by atoms with E-state index in [1.165, 1.54) is 0 Å². The summed E-state index contributed by atoms with van der Waals surface area (Å²) in [6.45, 7) is 3.64. The van der Waals surface area contributed by atoms with Crippen molar-refractivity contribution in [2.75, 3.05) is 6.61 Å². The molecule has 4 nitrogen and oxygen atoms in total. The number of rotatable bonds is 4. The molecule has 0 fully saturated rings. The third-order valence-electron chi connectivity index (χ3n) is 1.45. The van der Waals surface area contributed by atoms with Gasteiger partial charge in [0.05, 0.1) is 6.07 Å². The number of nitrogens with one attached hydrogen (secondary N) is 1. The molecule has 0 aliphatic rings. The van der Waals surface area contributed by atoms with Crippen molar-refractivity contribution in [2.45, 2.75) is 32.2 Å². The zero-order valence-corrected chi connectivity index (χ0v) is 7.42. The maximum Gasteiger partial charge on any atom is 0.234 e. The molecule has 0 aliphatic carbocycles. The fraction of sp³-hybridized carbons (Fsp3) is 0.750. The summed E-state index contributed by atoms with van der Waals surface area (Å²) in [5.41, 5.74) is -0.428. The fourth-order valence-electron chi connectivity index (χ4n) is 0.835. The lowest BCUT2D eigenvalue weighted by Gasteiger charge is -2.24. The average Bonchev–Trinajstić information content (AvgIpc) is 1.85. The molecular weight excluding hydrogens is 156 g/mol. The molecule has 0 saturated carbocycles. The number of nitriles is 1. The molecule has 68 valence electrons. The summed E-state index contributed by atoms with van der Waals surface area (Å²) in [6, 6.07) is 1.76. The van der Waals surface area contributed by atoms with Crippen molar-refractivity contribution in [3.8, 4) is 6.07 Å². The number of hydrogen-bond acceptors (Lipinski definition) is 3. The quantitative estimate of drug-likeness (QED) is 0.632. The Labute approximate surface area is 72.2 Å². The molecule has 1 amide bonds. The second-order valence-electron chi connectivity index (χ2n) is 3.24. The van der Waals surface area contributed by atoms with E-state index in [1.54, 1.807) is 19.9 Å². The van der Waals surface area contributed by atoms with Gasteiger partial charge in [-0.2, -0.15) is 5.26 Å². The summed E-state index contributed by atoms with van der Waals surface area (Å²) in [5, 5.41) is 19.5. The summed E-state index contributed by atoms with van der Waals surface area (Å²) in [6.07, 6.45) is 0.360. The van der Waals surface area contributed by atoms with E-state index in [0.717, 1.165) is 0 Å². The predicted octanol–water partition coefficient (Wildman–Crippen LogP) is 0.177. The molecule has 0 unspecified atom stereocenters. The first kappa shape index (κ1) is 10.9. The minimum Gasteiger partial charge on any atom is -0.396 e. The fourth-order valence-corrected chi connectivity index (χ4v) is 0.835. The molecule has 0 rings (SSSR count). The Kier molecular flexibility index (Phi) is 4.30. The van der Waals surface area contributed by atoms with Gasteiger partial charge in [0.1, 0.15) is 6.42 Å². The molecule has 0 radical (unpaired) electrons. The second kappa shape index (κ2) is 4.73. The highest BCUT2D eigenvalue weighted by Crippen LogP contribution is 2.06. The van der Waals surface area contributed by atoms with Crippen molar-refractivity contribution in [1.29, 1.82) is 5.26 Å². The highest BCUT2D eigenvalue weighted by molar-refractivity contribution is 5.78. The van der Waals surface area contributed by atoms with E-state index in [9.17, 15) is 4.79 Å². The highest BCUT2D eigenvalue weighted by Gasteiger charge is 2.18. The molecule has 0 spiro atoms. The number of aliphatic hydroxyl groups is 1. The monoisotopic (exact) mass is 170 g/mol. The summed E-state index contributed by atoms with van der Waals surface area (Å²) in [5.74, 6) is -0.295. The first-order chi connectivity index (χ1) is 5.52. The molecule has 0 aliphatic heterocycles. The van der Waals surface area contributed by atoms with Crippen molar-refractivity contribution in [1.82, 2.24) is 5.32 Å². The van der Waals surface area contributed by atoms with Crippen LogP contribution in [0.2, 0.25) is 0 Å². The molecule has 0 saturated heterocycles. The number of amides is 1. The molecule has 0 atom stereocenters. The molecule has 0 aromatic carbocycles. The van der Waals surface area contributed by atoms with Crippen molar-refractivity contribution in [2.24, 2.45) is 0 Å². The van der Waals surface area contributed by atoms with Crippen molar-refractivity contribution in [3.63, 3.8) is 0 Å². The van der Waals surface area contributed by atoms with E-state index in [4.69, 9.17) is 10.4 Å². The van der Waals surface area contributed by atoms with E-state index >= 15 is 0 Å². The van der Waals surface area contributed by atoms with E-state index in [2.05, 4.69) is 5.32 Å². The van der Waals surface area contributed by atoms with E-state index < -0.39 is 5.54 Å². The Morgan fingerprint density at radius 2 is 2.25 bits per heavy atom. The topological polar surface area (TPSA) is 73.1 Å². The van der Waals surface area contributed by atoms with E-state index in [-0.39, 0.29) is 18.9 Å². The standard InChI is InChI=1S/C8H14N2O2/c1-8(2,4-6-11)10-7(12)3-5-9/h11H,3-4,6H2,1-2H3,(H,10,12). The minimum absolute atomic E-state index is 0.0276. The van der Waals surface area contributed by atoms with Gasteiger partial charge in [-0.1, -0.05) is 0 Å². The summed E-state index contributed by atoms with van der Waals surface area (Å²) < 4.78 is 0. The largest absolute Gasteiger partial charge is 0.396 e. The van der Waals surface area contributed by atoms with Gasteiger partial charge in [-0.25, -0.2) is 0 Å². The second-order valence-corrected chi connectivity index (χ2v) is 3.24. The molecule has 0 aromatic heterocycles. The number of carbonyl (C=O) groups excluding carboxylic acids is 1. The third kappa shape index (κ3) is 4.69. The first-order valence-corrected chi connectivity index (χ1v) is 3.80. The normalized spacial score (nSPS) is 10.5. The SMILES string of the molecule is CC(C)(CCO)NC(=O)CC#N. The van der Waals surface area contributed by atoms with Crippen LogP contribution in [-0.2, 0) is 4.79 Å². The molecule has 12 heavy (non-hydrogen) atoms. The van der Waals surface area contributed by atoms with Crippen LogP contribution in [0.1, 0.15) is 26.7 Å². The van der Waals surface area contributed by atoms with Crippen LogP contribution in [0.15, 0.2) is 0 Å². The van der Waals surface area contributed by atoms with Gasteiger partial charge in [-0.3, -0.25) is 4.79 Å². The van der Waals surface area contributed by atoms with Crippen LogP contribution < -0.4 is 5.32 Å². The predicted molar refractivity (Wildman–Crippen MR) is 44.2 cm³/mol. The van der Waals surface area contributed by atoms with Gasteiger partial charge < -0.3 is 10.4 Å². The van der Waals surface area contributed by atoms with Gasteiger partial charge in [0, 0.05) is 12.1 Å². The Morgan fingerprint density at radius 1 is 1.67 bits per heavy atom. The summed E-state index contributed by atoms with van der Waals surface area (Å²) in [7, 11) is 0. The summed E-state index contributed by atoms with van der Waals surface area (Å²) >= 11 is 0. The van der Waals surface area contributed by atoms with Crippen LogP contribution in [0.5, 0.6) is 0 Å². The van der Waals surface area contributed by atoms with Crippen LogP contribution in [0.3, 0.4) is 0 Å². The lowest BCUT2D eigenvalue weighted by molar-refractivity contribution is -0.121.